The Morgan fingerprint density at radius 1 is 1.14 bits per heavy atom. The zero-order valence-electron chi connectivity index (χ0n) is 15.9. The molecule has 1 aliphatic heterocycles. The Kier molecular flexibility index (Phi) is 6.43. The Morgan fingerprint density at radius 3 is 2.55 bits per heavy atom. The third-order valence-corrected chi connectivity index (χ3v) is 3.90. The maximum atomic E-state index is 12.2. The number of nitrogens with zero attached hydrogens (tertiary/aromatic N) is 1. The van der Waals surface area contributed by atoms with Crippen molar-refractivity contribution < 1.29 is 32.5 Å². The molecule has 0 saturated heterocycles. The molecule has 0 N–H and O–H groups in total. The van der Waals surface area contributed by atoms with E-state index in [4.69, 9.17) is 14.2 Å². The molecule has 1 aliphatic rings. The zero-order chi connectivity index (χ0) is 20.8. The van der Waals surface area contributed by atoms with Gasteiger partial charge in [-0.3, -0.25) is 0 Å². The molecule has 6 nitrogen and oxygen atoms in total. The number of aliphatic imine (C=N–C) groups is 1. The molecule has 0 aliphatic carbocycles. The van der Waals surface area contributed by atoms with E-state index in [1.807, 2.05) is 6.92 Å². The topological polar surface area (TPSA) is 66.3 Å². The lowest BCUT2D eigenvalue weighted by molar-refractivity contribution is -0.129. The SMILES string of the molecule is CCCOc1ccc(/C=C2\N=C(c3ccc(OC(F)F)cc3)OC2=O)cc1OC. The highest BCUT2D eigenvalue weighted by atomic mass is 19.3. The molecule has 152 valence electrons. The minimum absolute atomic E-state index is 0.00177. The van der Waals surface area contributed by atoms with Crippen LogP contribution in [0, 0.1) is 0 Å². The zero-order valence-corrected chi connectivity index (χ0v) is 15.9. The third kappa shape index (κ3) is 5.10. The number of hydrogen-bond donors (Lipinski definition) is 0. The van der Waals surface area contributed by atoms with Crippen LogP contribution in [0.5, 0.6) is 17.2 Å². The number of alkyl halides is 2. The van der Waals surface area contributed by atoms with Crippen molar-refractivity contribution in [2.75, 3.05) is 13.7 Å². The number of ether oxygens (including phenoxy) is 4. The number of hydrogen-bond acceptors (Lipinski definition) is 6. The van der Waals surface area contributed by atoms with Gasteiger partial charge in [-0.1, -0.05) is 13.0 Å². The number of benzene rings is 2. The van der Waals surface area contributed by atoms with Gasteiger partial charge in [0.15, 0.2) is 17.2 Å². The molecule has 3 rings (SSSR count). The van der Waals surface area contributed by atoms with E-state index >= 15 is 0 Å². The van der Waals surface area contributed by atoms with Gasteiger partial charge in [-0.15, -0.1) is 0 Å². The van der Waals surface area contributed by atoms with Gasteiger partial charge in [-0.2, -0.15) is 8.78 Å². The number of carbonyl (C=O) groups excluding carboxylic acids is 1. The molecule has 1 heterocycles. The molecule has 2 aromatic carbocycles. The number of rotatable bonds is 8. The van der Waals surface area contributed by atoms with Crippen LogP contribution >= 0.6 is 0 Å². The van der Waals surface area contributed by atoms with Crippen LogP contribution in [0.15, 0.2) is 53.2 Å². The lowest BCUT2D eigenvalue weighted by atomic mass is 10.1. The van der Waals surface area contributed by atoms with Crippen LogP contribution in [0.4, 0.5) is 8.78 Å². The van der Waals surface area contributed by atoms with Crippen LogP contribution in [0.25, 0.3) is 6.08 Å². The lowest BCUT2D eigenvalue weighted by Gasteiger charge is -2.10. The Morgan fingerprint density at radius 2 is 1.90 bits per heavy atom. The van der Waals surface area contributed by atoms with Crippen molar-refractivity contribution in [3.8, 4) is 17.2 Å². The first kappa shape index (κ1) is 20.3. The normalized spacial score (nSPS) is 14.7. The van der Waals surface area contributed by atoms with E-state index in [1.54, 1.807) is 24.3 Å². The largest absolute Gasteiger partial charge is 0.493 e. The molecule has 0 spiro atoms. The predicted molar refractivity (Wildman–Crippen MR) is 102 cm³/mol. The Bertz CT molecular complexity index is 939. The molecule has 0 saturated carbocycles. The van der Waals surface area contributed by atoms with E-state index in [0.717, 1.165) is 6.42 Å². The van der Waals surface area contributed by atoms with Gasteiger partial charge in [-0.25, -0.2) is 9.79 Å². The fraction of sp³-hybridized carbons (Fsp3) is 0.238. The maximum Gasteiger partial charge on any atom is 0.387 e. The van der Waals surface area contributed by atoms with Crippen molar-refractivity contribution >= 4 is 17.9 Å². The van der Waals surface area contributed by atoms with Crippen molar-refractivity contribution in [1.82, 2.24) is 0 Å². The first-order valence-corrected chi connectivity index (χ1v) is 8.88. The fourth-order valence-corrected chi connectivity index (χ4v) is 2.57. The molecular weight excluding hydrogens is 384 g/mol. The van der Waals surface area contributed by atoms with Crippen molar-refractivity contribution in [3.05, 3.63) is 59.3 Å². The van der Waals surface area contributed by atoms with Crippen LogP contribution < -0.4 is 14.2 Å². The molecule has 0 unspecified atom stereocenters. The summed E-state index contributed by atoms with van der Waals surface area (Å²) in [4.78, 5) is 16.4. The van der Waals surface area contributed by atoms with Crippen molar-refractivity contribution in [1.29, 1.82) is 0 Å². The molecule has 0 bridgehead atoms. The van der Waals surface area contributed by atoms with E-state index in [-0.39, 0.29) is 17.3 Å². The monoisotopic (exact) mass is 403 g/mol. The standard InChI is InChI=1S/C21H19F2NO5/c1-3-10-27-17-9-4-13(12-18(17)26-2)11-16-20(25)29-19(24-16)14-5-7-15(8-6-14)28-21(22)23/h4-9,11-12,21H,3,10H2,1-2H3/b16-11-. The van der Waals surface area contributed by atoms with Gasteiger partial charge in [0.05, 0.1) is 13.7 Å². The summed E-state index contributed by atoms with van der Waals surface area (Å²) in [6.45, 7) is -0.336. The van der Waals surface area contributed by atoms with Gasteiger partial charge >= 0.3 is 12.6 Å². The number of esters is 1. The van der Waals surface area contributed by atoms with E-state index in [0.29, 0.717) is 29.2 Å². The van der Waals surface area contributed by atoms with E-state index in [2.05, 4.69) is 9.73 Å². The van der Waals surface area contributed by atoms with Gasteiger partial charge in [0, 0.05) is 5.56 Å². The van der Waals surface area contributed by atoms with Crippen molar-refractivity contribution in [3.63, 3.8) is 0 Å². The molecule has 0 radical (unpaired) electrons. The van der Waals surface area contributed by atoms with Gasteiger partial charge in [-0.05, 0) is 54.5 Å². The summed E-state index contributed by atoms with van der Waals surface area (Å²) >= 11 is 0. The molecule has 0 amide bonds. The summed E-state index contributed by atoms with van der Waals surface area (Å²) in [5.41, 5.74) is 1.25. The highest BCUT2D eigenvalue weighted by molar-refractivity contribution is 6.12. The minimum atomic E-state index is -2.91. The molecule has 0 fully saturated rings. The van der Waals surface area contributed by atoms with Gasteiger partial charge in [0.25, 0.3) is 0 Å². The Hall–Kier alpha value is -3.42. The summed E-state index contributed by atoms with van der Waals surface area (Å²) in [5.74, 6) is 0.624. The lowest BCUT2D eigenvalue weighted by Crippen LogP contribution is -2.06. The summed E-state index contributed by atoms with van der Waals surface area (Å²) in [5, 5.41) is 0. The molecular formula is C21H19F2NO5. The summed E-state index contributed by atoms with van der Waals surface area (Å²) in [7, 11) is 1.53. The first-order valence-electron chi connectivity index (χ1n) is 8.88. The van der Waals surface area contributed by atoms with Gasteiger partial charge in [0.1, 0.15) is 5.75 Å². The molecule has 8 heteroatoms. The number of cyclic esters (lactones) is 1. The fourth-order valence-electron chi connectivity index (χ4n) is 2.57. The molecule has 2 aromatic rings. The molecule has 0 atom stereocenters. The van der Waals surface area contributed by atoms with Crippen LogP contribution in [-0.4, -0.2) is 32.2 Å². The second-order valence-corrected chi connectivity index (χ2v) is 6.00. The minimum Gasteiger partial charge on any atom is -0.493 e. The highest BCUT2D eigenvalue weighted by Crippen LogP contribution is 2.30. The third-order valence-electron chi connectivity index (χ3n) is 3.90. The Labute approximate surface area is 166 Å². The van der Waals surface area contributed by atoms with Crippen LogP contribution in [0.3, 0.4) is 0 Å². The smallest absolute Gasteiger partial charge is 0.387 e. The number of halogens is 2. The second-order valence-electron chi connectivity index (χ2n) is 6.00. The summed E-state index contributed by atoms with van der Waals surface area (Å²) in [6, 6.07) is 10.9. The van der Waals surface area contributed by atoms with E-state index in [1.165, 1.54) is 31.4 Å². The number of carbonyl (C=O) groups is 1. The van der Waals surface area contributed by atoms with E-state index < -0.39 is 12.6 Å². The van der Waals surface area contributed by atoms with Gasteiger partial charge in [0.2, 0.25) is 5.90 Å². The van der Waals surface area contributed by atoms with Crippen LogP contribution in [-0.2, 0) is 9.53 Å². The Balaban J connectivity index is 1.81. The number of methoxy groups -OCH3 is 1. The quantitative estimate of drug-likeness (QED) is 0.482. The predicted octanol–water partition coefficient (Wildman–Crippen LogP) is 4.43. The highest BCUT2D eigenvalue weighted by Gasteiger charge is 2.24. The molecule has 29 heavy (non-hydrogen) atoms. The van der Waals surface area contributed by atoms with E-state index in [9.17, 15) is 13.6 Å². The van der Waals surface area contributed by atoms with Gasteiger partial charge < -0.3 is 18.9 Å². The van der Waals surface area contributed by atoms with Crippen LogP contribution in [0.2, 0.25) is 0 Å². The van der Waals surface area contributed by atoms with Crippen molar-refractivity contribution in [2.24, 2.45) is 4.99 Å². The summed E-state index contributed by atoms with van der Waals surface area (Å²) < 4.78 is 44.9. The molecule has 0 aromatic heterocycles. The average molecular weight is 403 g/mol. The maximum absolute atomic E-state index is 12.2. The second kappa shape index (κ2) is 9.18. The van der Waals surface area contributed by atoms with Crippen LogP contribution in [0.1, 0.15) is 24.5 Å². The van der Waals surface area contributed by atoms with Crippen molar-refractivity contribution in [2.45, 2.75) is 20.0 Å². The average Bonchev–Trinajstić information content (AvgIpc) is 3.07. The summed E-state index contributed by atoms with van der Waals surface area (Å²) in [6.07, 6.45) is 2.43. The first-order chi connectivity index (χ1) is 14.0.